The number of aryl methyl sites for hydroxylation is 1. The maximum atomic E-state index is 4.91. The molecule has 1 aromatic heterocycles. The molecule has 1 heterocycles. The van der Waals surface area contributed by atoms with Crippen LogP contribution in [-0.2, 0) is 13.0 Å². The Balaban J connectivity index is 1.76. The molecular formula is C18H24N2S. The molecule has 0 saturated heterocycles. The van der Waals surface area contributed by atoms with Gasteiger partial charge < -0.3 is 5.32 Å². The third-order valence-corrected chi connectivity index (χ3v) is 4.96. The van der Waals surface area contributed by atoms with Crippen LogP contribution in [0.4, 0.5) is 0 Å². The highest BCUT2D eigenvalue weighted by Crippen LogP contribution is 2.28. The van der Waals surface area contributed by atoms with Gasteiger partial charge in [-0.3, -0.25) is 0 Å². The summed E-state index contributed by atoms with van der Waals surface area (Å²) in [5.74, 6) is 0.503. The van der Waals surface area contributed by atoms with Gasteiger partial charge in [0.1, 0.15) is 0 Å². The molecule has 1 N–H and O–H groups in total. The molecule has 1 fully saturated rings. The number of aromatic nitrogens is 1. The SMILES string of the molecule is Cc1cccc(Cc2nc(C(C)C)c(CNC3CC3)s2)c1. The Labute approximate surface area is 131 Å². The summed E-state index contributed by atoms with van der Waals surface area (Å²) in [6, 6.07) is 9.50. The molecule has 0 unspecified atom stereocenters. The Morgan fingerprint density at radius 1 is 1.33 bits per heavy atom. The van der Waals surface area contributed by atoms with Crippen LogP contribution >= 0.6 is 11.3 Å². The van der Waals surface area contributed by atoms with E-state index >= 15 is 0 Å². The highest BCUT2D eigenvalue weighted by Gasteiger charge is 2.22. The first kappa shape index (κ1) is 14.7. The van der Waals surface area contributed by atoms with Crippen molar-refractivity contribution in [3.8, 4) is 0 Å². The van der Waals surface area contributed by atoms with Crippen molar-refractivity contribution in [3.05, 3.63) is 51.0 Å². The average molecular weight is 300 g/mol. The summed E-state index contributed by atoms with van der Waals surface area (Å²) >= 11 is 1.88. The first-order valence-electron chi connectivity index (χ1n) is 7.89. The van der Waals surface area contributed by atoms with Gasteiger partial charge >= 0.3 is 0 Å². The minimum atomic E-state index is 0.503. The van der Waals surface area contributed by atoms with Crippen molar-refractivity contribution in [2.45, 2.75) is 58.5 Å². The molecule has 1 aliphatic carbocycles. The quantitative estimate of drug-likeness (QED) is 0.854. The second-order valence-electron chi connectivity index (χ2n) is 6.39. The number of benzene rings is 1. The van der Waals surface area contributed by atoms with Crippen molar-refractivity contribution in [2.24, 2.45) is 0 Å². The standard InChI is InChI=1S/C18H24N2S/c1-12(2)18-16(11-19-15-7-8-15)21-17(20-18)10-14-6-4-5-13(3)9-14/h4-6,9,12,15,19H,7-8,10-11H2,1-3H3. The van der Waals surface area contributed by atoms with Crippen LogP contribution in [0.3, 0.4) is 0 Å². The third-order valence-electron chi connectivity index (χ3n) is 3.89. The van der Waals surface area contributed by atoms with E-state index in [-0.39, 0.29) is 0 Å². The number of rotatable bonds is 6. The van der Waals surface area contributed by atoms with Gasteiger partial charge in [0.2, 0.25) is 0 Å². The van der Waals surface area contributed by atoms with Gasteiger partial charge in [0.15, 0.2) is 0 Å². The van der Waals surface area contributed by atoms with E-state index in [1.165, 1.54) is 39.5 Å². The molecule has 1 aliphatic rings. The van der Waals surface area contributed by atoms with E-state index in [1.807, 2.05) is 11.3 Å². The molecule has 0 radical (unpaired) electrons. The summed E-state index contributed by atoms with van der Waals surface area (Å²) in [6.07, 6.45) is 3.63. The number of hydrogen-bond acceptors (Lipinski definition) is 3. The summed E-state index contributed by atoms with van der Waals surface area (Å²) in [4.78, 5) is 6.34. The van der Waals surface area contributed by atoms with Gasteiger partial charge in [-0.15, -0.1) is 11.3 Å². The van der Waals surface area contributed by atoms with Gasteiger partial charge in [0.25, 0.3) is 0 Å². The molecular weight excluding hydrogens is 276 g/mol. The fraction of sp³-hybridized carbons (Fsp3) is 0.500. The lowest BCUT2D eigenvalue weighted by Crippen LogP contribution is -2.15. The fourth-order valence-electron chi connectivity index (χ4n) is 2.59. The monoisotopic (exact) mass is 300 g/mol. The predicted octanol–water partition coefficient (Wildman–Crippen LogP) is 4.42. The van der Waals surface area contributed by atoms with E-state index in [4.69, 9.17) is 4.98 Å². The Kier molecular flexibility index (Phi) is 4.41. The molecule has 1 aromatic carbocycles. The van der Waals surface area contributed by atoms with Gasteiger partial charge in [-0.25, -0.2) is 4.98 Å². The molecule has 2 nitrogen and oxygen atoms in total. The van der Waals surface area contributed by atoms with Crippen LogP contribution in [0.2, 0.25) is 0 Å². The molecule has 0 bridgehead atoms. The van der Waals surface area contributed by atoms with E-state index < -0.39 is 0 Å². The zero-order valence-electron chi connectivity index (χ0n) is 13.1. The summed E-state index contributed by atoms with van der Waals surface area (Å²) in [5, 5.41) is 4.87. The topological polar surface area (TPSA) is 24.9 Å². The minimum absolute atomic E-state index is 0.503. The average Bonchev–Trinajstić information content (AvgIpc) is 3.17. The van der Waals surface area contributed by atoms with Crippen LogP contribution < -0.4 is 5.32 Å². The van der Waals surface area contributed by atoms with Crippen LogP contribution in [0, 0.1) is 6.92 Å². The molecule has 0 atom stereocenters. The molecule has 21 heavy (non-hydrogen) atoms. The number of thiazole rings is 1. The van der Waals surface area contributed by atoms with Crippen LogP contribution in [0.25, 0.3) is 0 Å². The number of hydrogen-bond donors (Lipinski definition) is 1. The lowest BCUT2D eigenvalue weighted by molar-refractivity contribution is 0.680. The summed E-state index contributed by atoms with van der Waals surface area (Å²) in [6.45, 7) is 7.62. The first-order chi connectivity index (χ1) is 10.1. The summed E-state index contributed by atoms with van der Waals surface area (Å²) in [7, 11) is 0. The van der Waals surface area contributed by atoms with Crippen molar-refractivity contribution in [1.82, 2.24) is 10.3 Å². The molecule has 112 valence electrons. The zero-order valence-corrected chi connectivity index (χ0v) is 14.0. The summed E-state index contributed by atoms with van der Waals surface area (Å²) in [5.41, 5.74) is 3.97. The lowest BCUT2D eigenvalue weighted by atomic mass is 10.1. The molecule has 3 rings (SSSR count). The van der Waals surface area contributed by atoms with Crippen LogP contribution in [-0.4, -0.2) is 11.0 Å². The molecule has 2 aromatic rings. The molecule has 3 heteroatoms. The van der Waals surface area contributed by atoms with E-state index in [2.05, 4.69) is 50.4 Å². The highest BCUT2D eigenvalue weighted by molar-refractivity contribution is 7.11. The minimum Gasteiger partial charge on any atom is -0.309 e. The molecule has 0 spiro atoms. The Morgan fingerprint density at radius 3 is 2.81 bits per heavy atom. The maximum Gasteiger partial charge on any atom is 0.0975 e. The van der Waals surface area contributed by atoms with Gasteiger partial charge in [-0.05, 0) is 31.2 Å². The predicted molar refractivity (Wildman–Crippen MR) is 90.0 cm³/mol. The first-order valence-corrected chi connectivity index (χ1v) is 8.71. The van der Waals surface area contributed by atoms with Crippen molar-refractivity contribution in [1.29, 1.82) is 0 Å². The van der Waals surface area contributed by atoms with Crippen molar-refractivity contribution < 1.29 is 0 Å². The molecule has 0 aliphatic heterocycles. The molecule has 0 amide bonds. The van der Waals surface area contributed by atoms with Crippen LogP contribution in [0.5, 0.6) is 0 Å². The van der Waals surface area contributed by atoms with Crippen molar-refractivity contribution in [3.63, 3.8) is 0 Å². The highest BCUT2D eigenvalue weighted by atomic mass is 32.1. The normalized spacial score (nSPS) is 14.9. The van der Waals surface area contributed by atoms with Gasteiger partial charge in [0, 0.05) is 23.9 Å². The Hall–Kier alpha value is -1.19. The largest absolute Gasteiger partial charge is 0.309 e. The summed E-state index contributed by atoms with van der Waals surface area (Å²) < 4.78 is 0. The number of nitrogens with one attached hydrogen (secondary N) is 1. The Bertz CT molecular complexity index is 611. The van der Waals surface area contributed by atoms with E-state index in [0.29, 0.717) is 5.92 Å². The van der Waals surface area contributed by atoms with Crippen molar-refractivity contribution in [2.75, 3.05) is 0 Å². The second-order valence-corrected chi connectivity index (χ2v) is 7.56. The number of nitrogens with zero attached hydrogens (tertiary/aromatic N) is 1. The third kappa shape index (κ3) is 3.92. The van der Waals surface area contributed by atoms with E-state index in [1.54, 1.807) is 0 Å². The van der Waals surface area contributed by atoms with Gasteiger partial charge in [-0.2, -0.15) is 0 Å². The van der Waals surface area contributed by atoms with E-state index in [9.17, 15) is 0 Å². The van der Waals surface area contributed by atoms with Crippen molar-refractivity contribution >= 4 is 11.3 Å². The maximum absolute atomic E-state index is 4.91. The van der Waals surface area contributed by atoms with Crippen LogP contribution in [0.15, 0.2) is 24.3 Å². The smallest absolute Gasteiger partial charge is 0.0975 e. The molecule has 1 saturated carbocycles. The van der Waals surface area contributed by atoms with Gasteiger partial charge in [-0.1, -0.05) is 43.7 Å². The van der Waals surface area contributed by atoms with Crippen LogP contribution in [0.1, 0.15) is 59.3 Å². The van der Waals surface area contributed by atoms with E-state index in [0.717, 1.165) is 19.0 Å². The zero-order chi connectivity index (χ0) is 14.8. The second kappa shape index (κ2) is 6.29. The Morgan fingerprint density at radius 2 is 2.14 bits per heavy atom. The fourth-order valence-corrected chi connectivity index (χ4v) is 3.80. The lowest BCUT2D eigenvalue weighted by Gasteiger charge is -2.05. The van der Waals surface area contributed by atoms with Gasteiger partial charge in [0.05, 0.1) is 10.7 Å².